The van der Waals surface area contributed by atoms with E-state index in [0.29, 0.717) is 11.3 Å². The van der Waals surface area contributed by atoms with Crippen LogP contribution in [0.1, 0.15) is 12.5 Å². The Morgan fingerprint density at radius 2 is 2.20 bits per heavy atom. The van der Waals surface area contributed by atoms with Crippen molar-refractivity contribution in [3.8, 4) is 11.8 Å². The first-order chi connectivity index (χ1) is 9.61. The first-order valence-electron chi connectivity index (χ1n) is 6.18. The third kappa shape index (κ3) is 2.99. The number of rotatable bonds is 1. The number of H-pyrrole nitrogens is 1. The molecule has 0 unspecified atom stereocenters. The number of benzene rings is 1. The van der Waals surface area contributed by atoms with E-state index in [9.17, 15) is 4.39 Å². The van der Waals surface area contributed by atoms with Crippen LogP contribution in [0.5, 0.6) is 0 Å². The van der Waals surface area contributed by atoms with E-state index in [4.69, 9.17) is 5.73 Å². The van der Waals surface area contributed by atoms with Crippen molar-refractivity contribution >= 4 is 17.8 Å². The summed E-state index contributed by atoms with van der Waals surface area (Å²) in [5.41, 5.74) is 7.53. The molecule has 0 spiro atoms. The van der Waals surface area contributed by atoms with Crippen LogP contribution in [0.2, 0.25) is 0 Å². The minimum Gasteiger partial charge on any atom is -0.398 e. The lowest BCUT2D eigenvalue weighted by atomic mass is 10.1. The van der Waals surface area contributed by atoms with E-state index < -0.39 is 0 Å². The Balaban J connectivity index is 2.57. The molecule has 0 atom stereocenters. The second kappa shape index (κ2) is 5.94. The molecule has 100 valence electrons. The summed E-state index contributed by atoms with van der Waals surface area (Å²) in [6.07, 6.45) is 5.59. The summed E-state index contributed by atoms with van der Waals surface area (Å²) < 4.78 is 13.2. The fourth-order valence-corrected chi connectivity index (χ4v) is 1.79. The largest absolute Gasteiger partial charge is 0.398 e. The van der Waals surface area contributed by atoms with Crippen LogP contribution in [0.25, 0.3) is 12.2 Å². The first kappa shape index (κ1) is 13.7. The zero-order valence-electron chi connectivity index (χ0n) is 11.2. The highest BCUT2D eigenvalue weighted by Gasteiger charge is 1.98. The summed E-state index contributed by atoms with van der Waals surface area (Å²) in [5.74, 6) is 5.58. The van der Waals surface area contributed by atoms with Gasteiger partial charge in [0.2, 0.25) is 0 Å². The highest BCUT2D eigenvalue weighted by atomic mass is 19.1. The van der Waals surface area contributed by atoms with Crippen LogP contribution in [-0.4, -0.2) is 4.98 Å². The molecular formula is C17H15FN2. The lowest BCUT2D eigenvalue weighted by Crippen LogP contribution is -2.22. The van der Waals surface area contributed by atoms with Crippen LogP contribution in [0.15, 0.2) is 42.6 Å². The number of anilines is 1. The highest BCUT2D eigenvalue weighted by molar-refractivity contribution is 5.74. The smallest absolute Gasteiger partial charge is 0.124 e. The zero-order valence-corrected chi connectivity index (χ0v) is 11.2. The predicted molar refractivity (Wildman–Crippen MR) is 81.5 cm³/mol. The van der Waals surface area contributed by atoms with Gasteiger partial charge in [0.1, 0.15) is 5.82 Å². The van der Waals surface area contributed by atoms with Crippen LogP contribution >= 0.6 is 0 Å². The van der Waals surface area contributed by atoms with Gasteiger partial charge in [-0.05, 0) is 31.2 Å². The second-order valence-corrected chi connectivity index (χ2v) is 4.27. The van der Waals surface area contributed by atoms with Crippen LogP contribution in [-0.2, 0) is 0 Å². The molecule has 0 aliphatic carbocycles. The van der Waals surface area contributed by atoms with E-state index in [0.717, 1.165) is 16.1 Å². The fourth-order valence-electron chi connectivity index (χ4n) is 1.79. The van der Waals surface area contributed by atoms with E-state index in [1.165, 1.54) is 18.2 Å². The maximum atomic E-state index is 13.2. The SMILES string of the molecule is C=c1[nH]cc/c1=C(C#Cc1cc(F)ccc1N)/C=C\C. The van der Waals surface area contributed by atoms with E-state index in [1.54, 1.807) is 6.20 Å². The molecule has 0 bridgehead atoms. The molecule has 0 fully saturated rings. The van der Waals surface area contributed by atoms with E-state index in [2.05, 4.69) is 23.4 Å². The Morgan fingerprint density at radius 1 is 1.40 bits per heavy atom. The van der Waals surface area contributed by atoms with Crippen LogP contribution in [0.3, 0.4) is 0 Å². The van der Waals surface area contributed by atoms with Crippen molar-refractivity contribution in [1.29, 1.82) is 0 Å². The van der Waals surface area contributed by atoms with Gasteiger partial charge in [-0.1, -0.05) is 30.6 Å². The van der Waals surface area contributed by atoms with Gasteiger partial charge in [0.15, 0.2) is 0 Å². The molecule has 0 saturated heterocycles. The quantitative estimate of drug-likeness (QED) is 0.601. The monoisotopic (exact) mass is 266 g/mol. The summed E-state index contributed by atoms with van der Waals surface area (Å²) >= 11 is 0. The van der Waals surface area contributed by atoms with E-state index in [-0.39, 0.29) is 5.82 Å². The summed E-state index contributed by atoms with van der Waals surface area (Å²) in [4.78, 5) is 3.01. The van der Waals surface area contributed by atoms with Crippen molar-refractivity contribution in [3.05, 3.63) is 64.6 Å². The van der Waals surface area contributed by atoms with Gasteiger partial charge < -0.3 is 10.7 Å². The van der Waals surface area contributed by atoms with Crippen molar-refractivity contribution in [2.45, 2.75) is 6.92 Å². The minimum absolute atomic E-state index is 0.351. The van der Waals surface area contributed by atoms with E-state index >= 15 is 0 Å². The maximum absolute atomic E-state index is 13.2. The molecule has 3 heteroatoms. The fraction of sp³-hybridized carbons (Fsp3) is 0.0588. The molecule has 1 aromatic heterocycles. The molecular weight excluding hydrogens is 251 g/mol. The Bertz CT molecular complexity index is 817. The zero-order chi connectivity index (χ0) is 14.5. The van der Waals surface area contributed by atoms with Crippen molar-refractivity contribution in [2.75, 3.05) is 5.73 Å². The number of aromatic amines is 1. The molecule has 0 aliphatic rings. The minimum atomic E-state index is -0.351. The van der Waals surface area contributed by atoms with Gasteiger partial charge in [0, 0.05) is 28.0 Å². The molecule has 0 aliphatic heterocycles. The number of allylic oxidation sites excluding steroid dienone is 2. The number of nitrogen functional groups attached to an aromatic ring is 1. The second-order valence-electron chi connectivity index (χ2n) is 4.27. The molecule has 0 amide bonds. The molecule has 2 rings (SSSR count). The summed E-state index contributed by atoms with van der Waals surface area (Å²) in [7, 11) is 0. The summed E-state index contributed by atoms with van der Waals surface area (Å²) in [5, 5.41) is 1.71. The van der Waals surface area contributed by atoms with Crippen LogP contribution < -0.4 is 16.3 Å². The summed E-state index contributed by atoms with van der Waals surface area (Å²) in [6, 6.07) is 6.06. The Hall–Kier alpha value is -2.73. The standard InChI is InChI=1S/C17H15FN2/c1-3-4-13(16-9-10-20-12(16)2)5-6-14-11-15(18)7-8-17(14)19/h3-4,7-11,20H,2,19H2,1H3/b4-3-,16-13+. The van der Waals surface area contributed by atoms with Crippen LogP contribution in [0, 0.1) is 17.7 Å². The Kier molecular flexibility index (Phi) is 4.07. The van der Waals surface area contributed by atoms with Gasteiger partial charge in [-0.25, -0.2) is 4.39 Å². The van der Waals surface area contributed by atoms with Gasteiger partial charge in [0.25, 0.3) is 0 Å². The van der Waals surface area contributed by atoms with Crippen molar-refractivity contribution in [1.82, 2.24) is 4.98 Å². The highest BCUT2D eigenvalue weighted by Crippen LogP contribution is 2.12. The van der Waals surface area contributed by atoms with Gasteiger partial charge >= 0.3 is 0 Å². The number of aromatic nitrogens is 1. The third-order valence-electron chi connectivity index (χ3n) is 2.80. The van der Waals surface area contributed by atoms with Gasteiger partial charge in [0.05, 0.1) is 5.56 Å². The molecule has 2 aromatic rings. The first-order valence-corrected chi connectivity index (χ1v) is 6.18. The molecule has 20 heavy (non-hydrogen) atoms. The van der Waals surface area contributed by atoms with Gasteiger partial charge in [-0.3, -0.25) is 0 Å². The molecule has 0 radical (unpaired) electrons. The maximum Gasteiger partial charge on any atom is 0.124 e. The molecule has 1 aromatic carbocycles. The predicted octanol–water partition coefficient (Wildman–Crippen LogP) is 1.92. The van der Waals surface area contributed by atoms with Gasteiger partial charge in [-0.15, -0.1) is 0 Å². The van der Waals surface area contributed by atoms with Gasteiger partial charge in [-0.2, -0.15) is 0 Å². The molecule has 0 saturated carbocycles. The lowest BCUT2D eigenvalue weighted by Gasteiger charge is -1.97. The Labute approximate surface area is 117 Å². The van der Waals surface area contributed by atoms with Crippen LogP contribution in [0.4, 0.5) is 10.1 Å². The average Bonchev–Trinajstić information content (AvgIpc) is 2.84. The van der Waals surface area contributed by atoms with Crippen molar-refractivity contribution < 1.29 is 4.39 Å². The Morgan fingerprint density at radius 3 is 2.85 bits per heavy atom. The number of nitrogens with two attached hydrogens (primary N) is 1. The average molecular weight is 266 g/mol. The third-order valence-corrected chi connectivity index (χ3v) is 2.80. The number of nitrogens with one attached hydrogen (secondary N) is 1. The van der Waals surface area contributed by atoms with Crippen molar-refractivity contribution in [2.24, 2.45) is 0 Å². The van der Waals surface area contributed by atoms with E-state index in [1.807, 2.05) is 25.1 Å². The summed E-state index contributed by atoms with van der Waals surface area (Å²) in [6.45, 7) is 5.82. The number of halogens is 1. The number of hydrogen-bond donors (Lipinski definition) is 2. The molecule has 3 N–H and O–H groups in total. The molecule has 2 nitrogen and oxygen atoms in total. The topological polar surface area (TPSA) is 41.8 Å². The van der Waals surface area contributed by atoms with Crippen molar-refractivity contribution in [3.63, 3.8) is 0 Å². The molecule has 1 heterocycles. The lowest BCUT2D eigenvalue weighted by molar-refractivity contribution is 0.627. The normalized spacial score (nSPS) is 12.1. The number of hydrogen-bond acceptors (Lipinski definition) is 1.